The number of rotatable bonds is 2. The van der Waals surface area contributed by atoms with Crippen molar-refractivity contribution in [1.29, 1.82) is 0 Å². The van der Waals surface area contributed by atoms with Crippen molar-refractivity contribution in [2.45, 2.75) is 38.0 Å². The molecule has 2 heterocycles. The van der Waals surface area contributed by atoms with Gasteiger partial charge in [0.2, 0.25) is 5.91 Å². The molecule has 6 nitrogen and oxygen atoms in total. The van der Waals surface area contributed by atoms with E-state index >= 15 is 0 Å². The van der Waals surface area contributed by atoms with Crippen LogP contribution in [-0.4, -0.2) is 22.6 Å². The fraction of sp³-hybridized carbons (Fsp3) is 0.375. The third-order valence-electron chi connectivity index (χ3n) is 7.48. The summed E-state index contributed by atoms with van der Waals surface area (Å²) in [6, 6.07) is 13.0. The highest BCUT2D eigenvalue weighted by Crippen LogP contribution is 2.64. The van der Waals surface area contributed by atoms with Gasteiger partial charge in [-0.1, -0.05) is 24.3 Å². The minimum absolute atomic E-state index is 0.100. The topological polar surface area (TPSA) is 86.0 Å². The SMILES string of the molecule is O=C(C1CC2(C1)CC(c1[nH][nH]c(=O)c3cccc(=O)c1-3)C2)N1CCc2ccccc21. The number of fused-ring (bicyclic) bond motifs is 2. The van der Waals surface area contributed by atoms with Gasteiger partial charge in [0.25, 0.3) is 5.56 Å². The van der Waals surface area contributed by atoms with Gasteiger partial charge in [-0.3, -0.25) is 19.5 Å². The van der Waals surface area contributed by atoms with Crippen molar-refractivity contribution in [1.82, 2.24) is 10.2 Å². The molecule has 1 aromatic carbocycles. The van der Waals surface area contributed by atoms with E-state index < -0.39 is 0 Å². The monoisotopic (exact) mass is 401 g/mol. The predicted molar refractivity (Wildman–Crippen MR) is 114 cm³/mol. The number of aromatic nitrogens is 2. The van der Waals surface area contributed by atoms with E-state index in [9.17, 15) is 14.4 Å². The highest BCUT2D eigenvalue weighted by Gasteiger charge is 2.56. The molecule has 3 aliphatic carbocycles. The Bertz CT molecular complexity index is 1240. The van der Waals surface area contributed by atoms with Crippen molar-refractivity contribution in [3.05, 3.63) is 74.3 Å². The first kappa shape index (κ1) is 17.7. The summed E-state index contributed by atoms with van der Waals surface area (Å²) in [5.74, 6) is 0.586. The van der Waals surface area contributed by atoms with Crippen LogP contribution in [0.2, 0.25) is 0 Å². The number of H-pyrrole nitrogens is 2. The summed E-state index contributed by atoms with van der Waals surface area (Å²) in [4.78, 5) is 39.5. The van der Waals surface area contributed by atoms with Crippen LogP contribution in [0.4, 0.5) is 5.69 Å². The summed E-state index contributed by atoms with van der Waals surface area (Å²) in [5.41, 5.74) is 3.97. The second-order valence-corrected chi connectivity index (χ2v) is 9.25. The van der Waals surface area contributed by atoms with Crippen LogP contribution in [0.25, 0.3) is 11.1 Å². The zero-order valence-electron chi connectivity index (χ0n) is 16.6. The largest absolute Gasteiger partial charge is 0.312 e. The molecule has 2 N–H and O–H groups in total. The predicted octanol–water partition coefficient (Wildman–Crippen LogP) is 3.03. The maximum atomic E-state index is 13.1. The van der Waals surface area contributed by atoms with Gasteiger partial charge in [0.15, 0.2) is 5.43 Å². The van der Waals surface area contributed by atoms with E-state index in [4.69, 9.17) is 0 Å². The molecule has 30 heavy (non-hydrogen) atoms. The van der Waals surface area contributed by atoms with Gasteiger partial charge in [0, 0.05) is 29.8 Å². The second-order valence-electron chi connectivity index (χ2n) is 9.25. The van der Waals surface area contributed by atoms with Crippen LogP contribution in [0.3, 0.4) is 0 Å². The molecule has 0 unspecified atom stereocenters. The molecule has 6 rings (SSSR count). The van der Waals surface area contributed by atoms with Crippen molar-refractivity contribution in [3.8, 4) is 11.1 Å². The van der Waals surface area contributed by atoms with Crippen LogP contribution < -0.4 is 15.9 Å². The summed E-state index contributed by atoms with van der Waals surface area (Å²) >= 11 is 0. The number of nitrogens with one attached hydrogen (secondary N) is 2. The first-order chi connectivity index (χ1) is 14.5. The van der Waals surface area contributed by atoms with Crippen molar-refractivity contribution in [2.75, 3.05) is 11.4 Å². The first-order valence-electron chi connectivity index (χ1n) is 10.7. The van der Waals surface area contributed by atoms with Crippen LogP contribution in [0.5, 0.6) is 0 Å². The number of carbonyl (C=O) groups excluding carboxylic acids is 1. The lowest BCUT2D eigenvalue weighted by atomic mass is 9.47. The molecular weight excluding hydrogens is 378 g/mol. The van der Waals surface area contributed by atoms with Crippen LogP contribution in [0.1, 0.15) is 42.9 Å². The maximum absolute atomic E-state index is 13.1. The lowest BCUT2D eigenvalue weighted by molar-refractivity contribution is -0.135. The number of benzene rings is 2. The number of para-hydroxylation sites is 1. The average Bonchev–Trinajstić information content (AvgIpc) is 3.12. The number of hydrogen-bond donors (Lipinski definition) is 2. The van der Waals surface area contributed by atoms with Crippen molar-refractivity contribution >= 4 is 11.6 Å². The Balaban J connectivity index is 1.16. The Morgan fingerprint density at radius 1 is 0.967 bits per heavy atom. The Kier molecular flexibility index (Phi) is 3.64. The van der Waals surface area contributed by atoms with E-state index in [1.54, 1.807) is 12.1 Å². The molecule has 0 saturated heterocycles. The second kappa shape index (κ2) is 6.17. The van der Waals surface area contributed by atoms with Crippen LogP contribution in [-0.2, 0) is 11.2 Å². The molecule has 0 bridgehead atoms. The normalized spacial score (nSPS) is 27.0. The zero-order valence-corrected chi connectivity index (χ0v) is 16.6. The number of aromatic amines is 2. The number of nitrogens with zero attached hydrogens (tertiary/aromatic N) is 1. The van der Waals surface area contributed by atoms with E-state index in [1.807, 2.05) is 23.1 Å². The smallest absolute Gasteiger partial charge is 0.270 e. The van der Waals surface area contributed by atoms with E-state index in [0.29, 0.717) is 11.1 Å². The van der Waals surface area contributed by atoms with Gasteiger partial charge in [-0.05, 0) is 61.3 Å². The molecule has 5 aliphatic rings. The van der Waals surface area contributed by atoms with Crippen LogP contribution in [0.15, 0.2) is 52.1 Å². The fourth-order valence-electron chi connectivity index (χ4n) is 6.03. The Labute approximate surface area is 173 Å². The van der Waals surface area contributed by atoms with Gasteiger partial charge in [-0.25, -0.2) is 0 Å². The van der Waals surface area contributed by atoms with Gasteiger partial charge in [-0.2, -0.15) is 0 Å². The molecule has 1 amide bonds. The van der Waals surface area contributed by atoms with E-state index in [0.717, 1.165) is 50.0 Å². The zero-order chi connectivity index (χ0) is 20.5. The molecule has 0 aromatic heterocycles. The number of hydrogen-bond acceptors (Lipinski definition) is 3. The standard InChI is InChI=1S/C24H23N3O3/c28-19-7-3-5-17-20(19)21(25-26-22(17)29)15-10-24(11-15)12-16(13-24)23(30)27-9-8-14-4-1-2-6-18(14)27/h1-7,15-16,25H,8-13H2,(H,26,29). The Morgan fingerprint density at radius 2 is 1.77 bits per heavy atom. The van der Waals surface area contributed by atoms with Gasteiger partial charge in [-0.15, -0.1) is 0 Å². The van der Waals surface area contributed by atoms with Gasteiger partial charge < -0.3 is 10.00 Å². The minimum atomic E-state index is -0.263. The maximum Gasteiger partial charge on any atom is 0.270 e. The summed E-state index contributed by atoms with van der Waals surface area (Å²) in [6.07, 6.45) is 4.70. The van der Waals surface area contributed by atoms with Crippen LogP contribution >= 0.6 is 0 Å². The van der Waals surface area contributed by atoms with Gasteiger partial charge in [0.05, 0.1) is 11.1 Å². The molecule has 2 saturated carbocycles. The minimum Gasteiger partial charge on any atom is -0.312 e. The number of anilines is 1. The fourth-order valence-corrected chi connectivity index (χ4v) is 6.03. The van der Waals surface area contributed by atoms with E-state index in [-0.39, 0.29) is 34.1 Å². The number of carbonyl (C=O) groups is 1. The summed E-state index contributed by atoms with van der Waals surface area (Å²) in [7, 11) is 0. The molecule has 6 heteroatoms. The highest BCUT2D eigenvalue weighted by atomic mass is 16.2. The molecule has 0 atom stereocenters. The summed E-state index contributed by atoms with van der Waals surface area (Å²) < 4.78 is 0. The third kappa shape index (κ3) is 2.46. The molecule has 2 aliphatic heterocycles. The molecule has 2 fully saturated rings. The number of amides is 1. The molecule has 152 valence electrons. The lowest BCUT2D eigenvalue weighted by Gasteiger charge is -2.57. The quantitative estimate of drug-likeness (QED) is 0.692. The summed E-state index contributed by atoms with van der Waals surface area (Å²) in [6.45, 7) is 0.787. The van der Waals surface area contributed by atoms with Gasteiger partial charge >= 0.3 is 0 Å². The van der Waals surface area contributed by atoms with Crippen LogP contribution in [0, 0.1) is 11.3 Å². The molecular formula is C24H23N3O3. The highest BCUT2D eigenvalue weighted by molar-refractivity contribution is 5.97. The van der Waals surface area contributed by atoms with Crippen molar-refractivity contribution in [2.24, 2.45) is 11.3 Å². The van der Waals surface area contributed by atoms with Crippen molar-refractivity contribution in [3.63, 3.8) is 0 Å². The third-order valence-corrected chi connectivity index (χ3v) is 7.48. The molecule has 0 radical (unpaired) electrons. The molecule has 1 aromatic rings. The van der Waals surface area contributed by atoms with Crippen molar-refractivity contribution < 1.29 is 4.79 Å². The Hall–Kier alpha value is -3.15. The van der Waals surface area contributed by atoms with Gasteiger partial charge in [0.1, 0.15) is 0 Å². The van der Waals surface area contributed by atoms with E-state index in [1.165, 1.54) is 11.6 Å². The average molecular weight is 401 g/mol. The lowest BCUT2D eigenvalue weighted by Crippen LogP contribution is -2.52. The van der Waals surface area contributed by atoms with E-state index in [2.05, 4.69) is 16.3 Å². The summed E-state index contributed by atoms with van der Waals surface area (Å²) in [5, 5.41) is 5.66. The first-order valence-corrected chi connectivity index (χ1v) is 10.7. The Morgan fingerprint density at radius 3 is 2.60 bits per heavy atom. The molecule has 1 spiro atoms.